The van der Waals surface area contributed by atoms with Gasteiger partial charge in [-0.3, -0.25) is 4.79 Å². The number of benzene rings is 1. The molecule has 0 aromatic heterocycles. The molecule has 1 fully saturated rings. The third kappa shape index (κ3) is 12.6. The molecule has 0 atom stereocenters. The number of rotatable bonds is 2. The number of aryl methyl sites for hydroxylation is 1. The van der Waals surface area contributed by atoms with Crippen LogP contribution in [0.25, 0.3) is 0 Å². The van der Waals surface area contributed by atoms with Crippen LogP contribution in [0.1, 0.15) is 57.9 Å². The first-order chi connectivity index (χ1) is 9.99. The molecule has 1 aromatic rings. The van der Waals surface area contributed by atoms with Crippen LogP contribution < -0.4 is 0 Å². The first-order valence-corrected chi connectivity index (χ1v) is 8.64. The lowest BCUT2D eigenvalue weighted by Gasteiger charge is -2.18. The molecule has 1 aliphatic carbocycles. The summed E-state index contributed by atoms with van der Waals surface area (Å²) in [6.45, 7) is 9.07. The zero-order valence-electron chi connectivity index (χ0n) is 13.7. The summed E-state index contributed by atoms with van der Waals surface area (Å²) < 4.78 is 1.14. The molecule has 0 N–H and O–H groups in total. The predicted molar refractivity (Wildman–Crippen MR) is 96.6 cm³/mol. The van der Waals surface area contributed by atoms with Crippen LogP contribution in [0.5, 0.6) is 0 Å². The minimum absolute atomic E-state index is 0.0185. The average Bonchev–Trinajstić information content (AvgIpc) is 2.52. The normalized spacial score (nSPS) is 14.1. The molecule has 0 radical (unpaired) electrons. The predicted octanol–water partition coefficient (Wildman–Crippen LogP) is 6.50. The summed E-state index contributed by atoms with van der Waals surface area (Å²) in [5, 5.41) is 0. The summed E-state index contributed by atoms with van der Waals surface area (Å²) in [6.07, 6.45) is 10.2. The Morgan fingerprint density at radius 2 is 1.71 bits per heavy atom. The maximum Gasteiger partial charge on any atom is 0.152 e. The van der Waals surface area contributed by atoms with E-state index in [0.717, 1.165) is 10.4 Å². The second-order valence-corrected chi connectivity index (χ2v) is 6.44. The Bertz CT molecular complexity index is 368. The Kier molecular flexibility index (Phi) is 12.3. The van der Waals surface area contributed by atoms with Crippen molar-refractivity contribution in [3.8, 4) is 0 Å². The molecule has 0 aliphatic heterocycles. The van der Waals surface area contributed by atoms with E-state index in [1.165, 1.54) is 57.1 Å². The number of carbonyl (C=O) groups excluding carboxylic acids is 1. The van der Waals surface area contributed by atoms with Gasteiger partial charge in [-0.2, -0.15) is 0 Å². The first kappa shape index (κ1) is 20.1. The summed E-state index contributed by atoms with van der Waals surface area (Å²) in [7, 11) is 0. The van der Waals surface area contributed by atoms with Crippen LogP contribution in [0.2, 0.25) is 0 Å². The molecule has 2 rings (SSSR count). The van der Waals surface area contributed by atoms with Gasteiger partial charge in [-0.1, -0.05) is 85.7 Å². The highest BCUT2D eigenvalue weighted by Gasteiger charge is 2.09. The van der Waals surface area contributed by atoms with Gasteiger partial charge in [0.15, 0.2) is 5.78 Å². The second kappa shape index (κ2) is 12.8. The molecule has 1 nitrogen and oxygen atoms in total. The van der Waals surface area contributed by atoms with Crippen LogP contribution in [0.4, 0.5) is 0 Å². The van der Waals surface area contributed by atoms with Crippen molar-refractivity contribution < 1.29 is 4.79 Å². The molecule has 0 unspecified atom stereocenters. The highest BCUT2D eigenvalue weighted by molar-refractivity contribution is 9.10. The molecule has 1 aliphatic rings. The summed E-state index contributed by atoms with van der Waals surface area (Å²) in [5.41, 5.74) is 1.30. The van der Waals surface area contributed by atoms with Crippen molar-refractivity contribution in [1.82, 2.24) is 0 Å². The topological polar surface area (TPSA) is 17.1 Å². The fraction of sp³-hybridized carbons (Fsp3) is 0.526. The third-order valence-corrected chi connectivity index (χ3v) is 4.13. The SMILES string of the molecule is C=CC(C)=O.CCC1CCCCC1.Cc1ccc(Br)cc1. The smallest absolute Gasteiger partial charge is 0.152 e. The lowest BCUT2D eigenvalue weighted by atomic mass is 9.88. The van der Waals surface area contributed by atoms with Crippen LogP contribution in [0, 0.1) is 12.8 Å². The van der Waals surface area contributed by atoms with Gasteiger partial charge in [0.25, 0.3) is 0 Å². The highest BCUT2D eigenvalue weighted by atomic mass is 79.9. The number of ketones is 1. The summed E-state index contributed by atoms with van der Waals surface area (Å²) in [4.78, 5) is 9.69. The van der Waals surface area contributed by atoms with Crippen LogP contribution in [-0.2, 0) is 4.79 Å². The Morgan fingerprint density at radius 3 is 2.00 bits per heavy atom. The van der Waals surface area contributed by atoms with Gasteiger partial charge in [0.1, 0.15) is 0 Å². The molecule has 0 spiro atoms. The molecule has 1 saturated carbocycles. The van der Waals surface area contributed by atoms with Crippen molar-refractivity contribution in [1.29, 1.82) is 0 Å². The fourth-order valence-corrected chi connectivity index (χ4v) is 2.39. The lowest BCUT2D eigenvalue weighted by molar-refractivity contribution is -0.112. The van der Waals surface area contributed by atoms with Crippen molar-refractivity contribution in [2.24, 2.45) is 5.92 Å². The third-order valence-electron chi connectivity index (χ3n) is 3.60. The number of carbonyl (C=O) groups is 1. The molecular weight excluding hydrogens is 324 g/mol. The van der Waals surface area contributed by atoms with E-state index in [2.05, 4.69) is 48.5 Å². The van der Waals surface area contributed by atoms with Crippen molar-refractivity contribution in [3.05, 3.63) is 47.0 Å². The average molecular weight is 353 g/mol. The van der Waals surface area contributed by atoms with E-state index in [9.17, 15) is 4.79 Å². The van der Waals surface area contributed by atoms with Crippen molar-refractivity contribution in [3.63, 3.8) is 0 Å². The molecule has 118 valence electrons. The minimum atomic E-state index is 0.0185. The van der Waals surface area contributed by atoms with E-state index in [-0.39, 0.29) is 5.78 Å². The largest absolute Gasteiger partial charge is 0.295 e. The van der Waals surface area contributed by atoms with Gasteiger partial charge in [0.2, 0.25) is 0 Å². The van der Waals surface area contributed by atoms with Gasteiger partial charge in [-0.05, 0) is 38.0 Å². The number of halogens is 1. The molecule has 2 heteroatoms. The summed E-state index contributed by atoms with van der Waals surface area (Å²) >= 11 is 3.35. The second-order valence-electron chi connectivity index (χ2n) is 5.52. The van der Waals surface area contributed by atoms with Crippen LogP contribution in [0.3, 0.4) is 0 Å². The van der Waals surface area contributed by atoms with E-state index in [0.29, 0.717) is 0 Å². The first-order valence-electron chi connectivity index (χ1n) is 7.84. The zero-order valence-corrected chi connectivity index (χ0v) is 15.3. The van der Waals surface area contributed by atoms with Gasteiger partial charge >= 0.3 is 0 Å². The molecule has 0 amide bonds. The monoisotopic (exact) mass is 352 g/mol. The Morgan fingerprint density at radius 1 is 1.24 bits per heavy atom. The van der Waals surface area contributed by atoms with E-state index >= 15 is 0 Å². The highest BCUT2D eigenvalue weighted by Crippen LogP contribution is 2.25. The van der Waals surface area contributed by atoms with E-state index in [1.54, 1.807) is 0 Å². The van der Waals surface area contributed by atoms with Crippen molar-refractivity contribution in [2.75, 3.05) is 0 Å². The molecule has 21 heavy (non-hydrogen) atoms. The molecule has 0 heterocycles. The van der Waals surface area contributed by atoms with Gasteiger partial charge in [-0.25, -0.2) is 0 Å². The quantitative estimate of drug-likeness (QED) is 0.555. The minimum Gasteiger partial charge on any atom is -0.295 e. The Hall–Kier alpha value is -0.890. The maximum absolute atomic E-state index is 9.69. The van der Waals surface area contributed by atoms with Crippen molar-refractivity contribution >= 4 is 21.7 Å². The van der Waals surface area contributed by atoms with E-state index in [1.807, 2.05) is 12.1 Å². The van der Waals surface area contributed by atoms with Crippen LogP contribution >= 0.6 is 15.9 Å². The van der Waals surface area contributed by atoms with Gasteiger partial charge < -0.3 is 0 Å². The fourth-order valence-electron chi connectivity index (χ4n) is 2.13. The molecule has 0 saturated heterocycles. The summed E-state index contributed by atoms with van der Waals surface area (Å²) in [6, 6.07) is 8.22. The number of hydrogen-bond acceptors (Lipinski definition) is 1. The van der Waals surface area contributed by atoms with Gasteiger partial charge in [0.05, 0.1) is 0 Å². The lowest BCUT2D eigenvalue weighted by Crippen LogP contribution is -2.03. The van der Waals surface area contributed by atoms with E-state index < -0.39 is 0 Å². The summed E-state index contributed by atoms with van der Waals surface area (Å²) in [5.74, 6) is 1.11. The Balaban J connectivity index is 0.000000296. The Labute approximate surface area is 139 Å². The zero-order chi connectivity index (χ0) is 16.1. The van der Waals surface area contributed by atoms with Gasteiger partial charge in [-0.15, -0.1) is 0 Å². The number of hydrogen-bond donors (Lipinski definition) is 0. The number of allylic oxidation sites excluding steroid dienone is 1. The van der Waals surface area contributed by atoms with Crippen LogP contribution in [-0.4, -0.2) is 5.78 Å². The molecular formula is C19H29BrO. The molecule has 0 bridgehead atoms. The standard InChI is InChI=1S/C8H16.C7H7Br.C4H6O/c1-2-8-6-4-3-5-7-8;1-6-2-4-7(8)5-3-6;1-3-4(2)5/h8H,2-7H2,1H3;2-5H,1H3;3H,1H2,2H3. The van der Waals surface area contributed by atoms with E-state index in [4.69, 9.17) is 0 Å². The van der Waals surface area contributed by atoms with Crippen molar-refractivity contribution in [2.45, 2.75) is 59.3 Å². The molecule has 1 aromatic carbocycles. The van der Waals surface area contributed by atoms with Gasteiger partial charge in [0, 0.05) is 4.47 Å². The maximum atomic E-state index is 9.69. The van der Waals surface area contributed by atoms with Crippen LogP contribution in [0.15, 0.2) is 41.4 Å².